The molecule has 0 unspecified atom stereocenters. The van der Waals surface area contributed by atoms with Gasteiger partial charge in [0.25, 0.3) is 0 Å². The first kappa shape index (κ1) is 21.8. The van der Waals surface area contributed by atoms with Gasteiger partial charge in [0.1, 0.15) is 0 Å². The summed E-state index contributed by atoms with van der Waals surface area (Å²) in [6, 6.07) is 21.7. The standard InChI is InChI=1S/C28H28O4/c1-2-11-20-18-24(21-12-9-10-13-21)26(32-28(30)23-16-7-4-8-17-23)25(19-20)31-27(29)22-14-5-3-6-15-22/h3-8,14-19,21H,2,9-13H2,1H3. The second kappa shape index (κ2) is 10.3. The van der Waals surface area contributed by atoms with E-state index in [-0.39, 0.29) is 0 Å². The van der Waals surface area contributed by atoms with Crippen molar-refractivity contribution in [3.8, 4) is 11.5 Å². The van der Waals surface area contributed by atoms with E-state index in [1.54, 1.807) is 48.5 Å². The molecule has 0 radical (unpaired) electrons. The van der Waals surface area contributed by atoms with Crippen LogP contribution in [-0.4, -0.2) is 11.9 Å². The van der Waals surface area contributed by atoms with Crippen LogP contribution in [0.4, 0.5) is 0 Å². The Balaban J connectivity index is 1.75. The maximum absolute atomic E-state index is 12.9. The molecule has 4 rings (SSSR count). The van der Waals surface area contributed by atoms with Gasteiger partial charge in [0.15, 0.2) is 11.5 Å². The lowest BCUT2D eigenvalue weighted by Crippen LogP contribution is -2.15. The molecule has 1 aliphatic carbocycles. The summed E-state index contributed by atoms with van der Waals surface area (Å²) in [5.74, 6) is 0.0594. The maximum atomic E-state index is 12.9. The maximum Gasteiger partial charge on any atom is 0.343 e. The lowest BCUT2D eigenvalue weighted by atomic mass is 9.93. The Morgan fingerprint density at radius 3 is 1.94 bits per heavy atom. The lowest BCUT2D eigenvalue weighted by molar-refractivity contribution is 0.0680. The van der Waals surface area contributed by atoms with Crippen molar-refractivity contribution in [2.24, 2.45) is 0 Å². The summed E-state index contributed by atoms with van der Waals surface area (Å²) in [5, 5.41) is 0. The smallest absolute Gasteiger partial charge is 0.343 e. The summed E-state index contributed by atoms with van der Waals surface area (Å²) in [4.78, 5) is 25.8. The summed E-state index contributed by atoms with van der Waals surface area (Å²) in [6.07, 6.45) is 6.21. The average molecular weight is 429 g/mol. The van der Waals surface area contributed by atoms with Crippen molar-refractivity contribution < 1.29 is 19.1 Å². The molecule has 0 aliphatic heterocycles. The highest BCUT2D eigenvalue weighted by molar-refractivity contribution is 5.93. The third kappa shape index (κ3) is 5.08. The molecule has 1 aliphatic rings. The monoisotopic (exact) mass is 428 g/mol. The number of esters is 2. The number of benzene rings is 3. The quantitative estimate of drug-likeness (QED) is 0.309. The van der Waals surface area contributed by atoms with Crippen molar-refractivity contribution in [1.82, 2.24) is 0 Å². The Morgan fingerprint density at radius 1 is 0.812 bits per heavy atom. The molecule has 0 N–H and O–H groups in total. The van der Waals surface area contributed by atoms with E-state index in [4.69, 9.17) is 9.47 Å². The van der Waals surface area contributed by atoms with Gasteiger partial charge in [-0.2, -0.15) is 0 Å². The topological polar surface area (TPSA) is 52.6 Å². The van der Waals surface area contributed by atoms with Gasteiger partial charge in [-0.3, -0.25) is 0 Å². The Morgan fingerprint density at radius 2 is 1.38 bits per heavy atom. The molecular weight excluding hydrogens is 400 g/mol. The fourth-order valence-corrected chi connectivity index (χ4v) is 4.30. The highest BCUT2D eigenvalue weighted by Crippen LogP contribution is 2.44. The minimum atomic E-state index is -0.464. The molecule has 32 heavy (non-hydrogen) atoms. The molecule has 0 heterocycles. The molecule has 0 saturated heterocycles. The number of aryl methyl sites for hydroxylation is 1. The van der Waals surface area contributed by atoms with E-state index < -0.39 is 11.9 Å². The predicted octanol–water partition coefficient (Wildman–Crippen LogP) is 6.74. The van der Waals surface area contributed by atoms with E-state index in [0.29, 0.717) is 28.5 Å². The van der Waals surface area contributed by atoms with Gasteiger partial charge in [0.05, 0.1) is 11.1 Å². The molecule has 0 bridgehead atoms. The highest BCUT2D eigenvalue weighted by Gasteiger charge is 2.27. The zero-order chi connectivity index (χ0) is 22.3. The largest absolute Gasteiger partial charge is 0.419 e. The first-order chi connectivity index (χ1) is 15.7. The molecule has 0 atom stereocenters. The van der Waals surface area contributed by atoms with Crippen molar-refractivity contribution in [3.05, 3.63) is 95.1 Å². The summed E-state index contributed by atoms with van der Waals surface area (Å²) >= 11 is 0. The van der Waals surface area contributed by atoms with Gasteiger partial charge in [-0.1, -0.05) is 68.7 Å². The number of rotatable bonds is 7. The van der Waals surface area contributed by atoms with Gasteiger partial charge >= 0.3 is 11.9 Å². The molecule has 0 aromatic heterocycles. The fraction of sp³-hybridized carbons (Fsp3) is 0.286. The fourth-order valence-electron chi connectivity index (χ4n) is 4.30. The molecule has 1 fully saturated rings. The van der Waals surface area contributed by atoms with Gasteiger partial charge in [0, 0.05) is 5.56 Å². The van der Waals surface area contributed by atoms with Crippen LogP contribution in [0.15, 0.2) is 72.8 Å². The van der Waals surface area contributed by atoms with Crippen molar-refractivity contribution in [1.29, 1.82) is 0 Å². The van der Waals surface area contributed by atoms with Crippen LogP contribution >= 0.6 is 0 Å². The minimum Gasteiger partial charge on any atom is -0.419 e. The van der Waals surface area contributed by atoms with Crippen LogP contribution < -0.4 is 9.47 Å². The zero-order valence-corrected chi connectivity index (χ0v) is 18.4. The van der Waals surface area contributed by atoms with Crippen LogP contribution in [0.1, 0.15) is 76.8 Å². The molecule has 1 saturated carbocycles. The molecule has 4 heteroatoms. The van der Waals surface area contributed by atoms with E-state index in [0.717, 1.165) is 49.7 Å². The highest BCUT2D eigenvalue weighted by atomic mass is 16.6. The van der Waals surface area contributed by atoms with E-state index in [1.165, 1.54) is 0 Å². The SMILES string of the molecule is CCCc1cc(OC(=O)c2ccccc2)c(OC(=O)c2ccccc2)c(C2CCCC2)c1. The molecule has 3 aromatic carbocycles. The molecule has 0 amide bonds. The van der Waals surface area contributed by atoms with Gasteiger partial charge in [0.2, 0.25) is 0 Å². The third-order valence-electron chi connectivity index (χ3n) is 5.89. The zero-order valence-electron chi connectivity index (χ0n) is 18.4. The van der Waals surface area contributed by atoms with Crippen molar-refractivity contribution in [2.45, 2.75) is 51.4 Å². The molecule has 0 spiro atoms. The number of carbonyl (C=O) groups is 2. The van der Waals surface area contributed by atoms with Gasteiger partial charge < -0.3 is 9.47 Å². The van der Waals surface area contributed by atoms with E-state index in [2.05, 4.69) is 13.0 Å². The van der Waals surface area contributed by atoms with Crippen LogP contribution in [0.3, 0.4) is 0 Å². The summed E-state index contributed by atoms with van der Waals surface area (Å²) < 4.78 is 11.8. The predicted molar refractivity (Wildman–Crippen MR) is 124 cm³/mol. The normalized spacial score (nSPS) is 13.7. The number of hydrogen-bond donors (Lipinski definition) is 0. The van der Waals surface area contributed by atoms with Crippen LogP contribution in [0.5, 0.6) is 11.5 Å². The number of hydrogen-bond acceptors (Lipinski definition) is 4. The Hall–Kier alpha value is -3.40. The second-order valence-corrected chi connectivity index (χ2v) is 8.25. The van der Waals surface area contributed by atoms with Crippen LogP contribution in [0.25, 0.3) is 0 Å². The van der Waals surface area contributed by atoms with Crippen LogP contribution in [-0.2, 0) is 6.42 Å². The van der Waals surface area contributed by atoms with Crippen LogP contribution in [0, 0.1) is 0 Å². The lowest BCUT2D eigenvalue weighted by Gasteiger charge is -2.20. The Kier molecular flexibility index (Phi) is 7.00. The number of ether oxygens (including phenoxy) is 2. The summed E-state index contributed by atoms with van der Waals surface area (Å²) in [6.45, 7) is 2.12. The van der Waals surface area contributed by atoms with Crippen molar-refractivity contribution in [2.75, 3.05) is 0 Å². The molecule has 164 valence electrons. The molecule has 3 aromatic rings. The van der Waals surface area contributed by atoms with Crippen molar-refractivity contribution >= 4 is 11.9 Å². The summed E-state index contributed by atoms with van der Waals surface area (Å²) in [7, 11) is 0. The van der Waals surface area contributed by atoms with Crippen LogP contribution in [0.2, 0.25) is 0 Å². The van der Waals surface area contributed by atoms with Gasteiger partial charge in [-0.15, -0.1) is 0 Å². The van der Waals surface area contributed by atoms with E-state index in [1.807, 2.05) is 18.2 Å². The first-order valence-electron chi connectivity index (χ1n) is 11.4. The molecular formula is C28H28O4. The summed E-state index contributed by atoms with van der Waals surface area (Å²) in [5.41, 5.74) is 2.97. The Labute approximate surface area is 189 Å². The van der Waals surface area contributed by atoms with Gasteiger partial charge in [-0.25, -0.2) is 9.59 Å². The van der Waals surface area contributed by atoms with E-state index >= 15 is 0 Å². The van der Waals surface area contributed by atoms with Crippen molar-refractivity contribution in [3.63, 3.8) is 0 Å². The first-order valence-corrected chi connectivity index (χ1v) is 11.4. The Bertz CT molecular complexity index is 1070. The third-order valence-corrected chi connectivity index (χ3v) is 5.89. The minimum absolute atomic E-state index is 0.291. The number of carbonyl (C=O) groups excluding carboxylic acids is 2. The van der Waals surface area contributed by atoms with E-state index in [9.17, 15) is 9.59 Å². The van der Waals surface area contributed by atoms with Gasteiger partial charge in [-0.05, 0) is 61.1 Å². The second-order valence-electron chi connectivity index (χ2n) is 8.25. The average Bonchev–Trinajstić information content (AvgIpc) is 3.36. The molecule has 4 nitrogen and oxygen atoms in total.